The van der Waals surface area contributed by atoms with Gasteiger partial charge in [-0.25, -0.2) is 8.42 Å². The van der Waals surface area contributed by atoms with Crippen molar-refractivity contribution in [3.05, 3.63) is 35.9 Å². The maximum Gasteiger partial charge on any atom is 0.150 e. The van der Waals surface area contributed by atoms with Crippen molar-refractivity contribution in [2.24, 2.45) is 0 Å². The Labute approximate surface area is 103 Å². The van der Waals surface area contributed by atoms with Crippen LogP contribution in [0.5, 0.6) is 0 Å². The van der Waals surface area contributed by atoms with Gasteiger partial charge in [-0.2, -0.15) is 0 Å². The molecule has 4 heteroatoms. The van der Waals surface area contributed by atoms with E-state index < -0.39 is 9.84 Å². The van der Waals surface area contributed by atoms with E-state index in [0.717, 1.165) is 12.8 Å². The topological polar surface area (TPSA) is 46.2 Å². The second kappa shape index (κ2) is 5.19. The Hall–Kier alpha value is -0.870. The number of hydrogen-bond donors (Lipinski definition) is 1. The molecule has 0 amide bonds. The average molecular weight is 253 g/mol. The Kier molecular flexibility index (Phi) is 3.84. The molecule has 0 aliphatic carbocycles. The molecule has 3 nitrogen and oxygen atoms in total. The first kappa shape index (κ1) is 12.6. The third-order valence-corrected chi connectivity index (χ3v) is 5.06. The lowest BCUT2D eigenvalue weighted by Gasteiger charge is -2.26. The summed E-state index contributed by atoms with van der Waals surface area (Å²) in [4.78, 5) is 0. The Morgan fingerprint density at radius 1 is 1.18 bits per heavy atom. The van der Waals surface area contributed by atoms with Crippen LogP contribution in [0.3, 0.4) is 0 Å². The van der Waals surface area contributed by atoms with E-state index in [1.807, 2.05) is 18.2 Å². The van der Waals surface area contributed by atoms with Gasteiger partial charge in [0.2, 0.25) is 0 Å². The molecule has 1 aliphatic heterocycles. The second-order valence-electron chi connectivity index (χ2n) is 4.73. The van der Waals surface area contributed by atoms with Gasteiger partial charge < -0.3 is 5.32 Å². The molecular weight excluding hydrogens is 234 g/mol. The van der Waals surface area contributed by atoms with E-state index in [-0.39, 0.29) is 6.04 Å². The monoisotopic (exact) mass is 253 g/mol. The largest absolute Gasteiger partial charge is 0.307 e. The highest BCUT2D eigenvalue weighted by molar-refractivity contribution is 7.91. The molecular formula is C13H19NO2S. The zero-order chi connectivity index (χ0) is 12.3. The van der Waals surface area contributed by atoms with Crippen LogP contribution in [0, 0.1) is 0 Å². The maximum absolute atomic E-state index is 11.3. The van der Waals surface area contributed by atoms with Crippen molar-refractivity contribution < 1.29 is 8.42 Å². The fourth-order valence-corrected chi connectivity index (χ4v) is 3.74. The highest BCUT2D eigenvalue weighted by atomic mass is 32.2. The van der Waals surface area contributed by atoms with Crippen molar-refractivity contribution in [2.45, 2.75) is 31.8 Å². The summed E-state index contributed by atoms with van der Waals surface area (Å²) in [5.74, 6) is 0.651. The minimum atomic E-state index is -2.76. The van der Waals surface area contributed by atoms with Crippen LogP contribution in [0.15, 0.2) is 30.3 Å². The highest BCUT2D eigenvalue weighted by Gasteiger charge is 2.24. The van der Waals surface area contributed by atoms with Gasteiger partial charge in [0.05, 0.1) is 11.5 Å². The van der Waals surface area contributed by atoms with Gasteiger partial charge in [-0.3, -0.25) is 0 Å². The molecule has 1 aromatic rings. The highest BCUT2D eigenvalue weighted by Crippen LogP contribution is 2.18. The van der Waals surface area contributed by atoms with Crippen molar-refractivity contribution in [1.29, 1.82) is 0 Å². The summed E-state index contributed by atoms with van der Waals surface area (Å²) < 4.78 is 22.6. The number of rotatable bonds is 3. The zero-order valence-corrected chi connectivity index (χ0v) is 10.9. The van der Waals surface area contributed by atoms with E-state index in [1.54, 1.807) is 0 Å². The molecule has 1 aliphatic rings. The molecule has 2 rings (SSSR count). The van der Waals surface area contributed by atoms with Gasteiger partial charge in [-0.15, -0.1) is 0 Å². The lowest BCUT2D eigenvalue weighted by molar-refractivity contribution is 0.420. The molecule has 1 fully saturated rings. The van der Waals surface area contributed by atoms with E-state index in [1.165, 1.54) is 5.56 Å². The Bertz CT molecular complexity index is 442. The van der Waals surface area contributed by atoms with Crippen LogP contribution in [0.2, 0.25) is 0 Å². The first-order valence-electron chi connectivity index (χ1n) is 6.08. The van der Waals surface area contributed by atoms with Crippen LogP contribution in [0.4, 0.5) is 0 Å². The summed E-state index contributed by atoms with van der Waals surface area (Å²) in [6.45, 7) is 2.12. The summed E-state index contributed by atoms with van der Waals surface area (Å²) in [7, 11) is -2.76. The predicted octanol–water partition coefficient (Wildman–Crippen LogP) is 1.91. The van der Waals surface area contributed by atoms with E-state index in [2.05, 4.69) is 24.4 Å². The van der Waals surface area contributed by atoms with E-state index in [9.17, 15) is 8.42 Å². The van der Waals surface area contributed by atoms with Gasteiger partial charge in [0, 0.05) is 12.1 Å². The van der Waals surface area contributed by atoms with E-state index in [0.29, 0.717) is 17.5 Å². The predicted molar refractivity (Wildman–Crippen MR) is 69.7 cm³/mol. The number of hydrogen-bond acceptors (Lipinski definition) is 3. The van der Waals surface area contributed by atoms with Crippen LogP contribution in [-0.2, 0) is 9.84 Å². The lowest BCUT2D eigenvalue weighted by atomic mass is 10.1. The third-order valence-electron chi connectivity index (χ3n) is 3.34. The average Bonchev–Trinajstić information content (AvgIpc) is 2.33. The number of nitrogens with one attached hydrogen (secondary N) is 1. The fourth-order valence-electron chi connectivity index (χ4n) is 2.25. The van der Waals surface area contributed by atoms with Crippen LogP contribution >= 0.6 is 0 Å². The summed E-state index contributed by atoms with van der Waals surface area (Å²) in [6.07, 6.45) is 1.47. The second-order valence-corrected chi connectivity index (χ2v) is 7.03. The van der Waals surface area contributed by atoms with E-state index in [4.69, 9.17) is 0 Å². The Morgan fingerprint density at radius 2 is 1.76 bits per heavy atom. The normalized spacial score (nSPS) is 22.2. The minimum absolute atomic E-state index is 0.280. The Morgan fingerprint density at radius 3 is 2.35 bits per heavy atom. The summed E-state index contributed by atoms with van der Waals surface area (Å²) in [6, 6.07) is 10.9. The van der Waals surface area contributed by atoms with Crippen molar-refractivity contribution in [1.82, 2.24) is 5.32 Å². The molecule has 0 spiro atoms. The van der Waals surface area contributed by atoms with Crippen LogP contribution in [0.1, 0.15) is 31.4 Å². The van der Waals surface area contributed by atoms with Gasteiger partial charge in [0.1, 0.15) is 9.84 Å². The van der Waals surface area contributed by atoms with Gasteiger partial charge in [0.25, 0.3) is 0 Å². The molecule has 0 aromatic heterocycles. The van der Waals surface area contributed by atoms with Crippen LogP contribution < -0.4 is 5.32 Å². The molecule has 17 heavy (non-hydrogen) atoms. The van der Waals surface area contributed by atoms with Crippen molar-refractivity contribution in [2.75, 3.05) is 11.5 Å². The van der Waals surface area contributed by atoms with Crippen molar-refractivity contribution in [3.8, 4) is 0 Å². The molecule has 1 saturated heterocycles. The van der Waals surface area contributed by atoms with Gasteiger partial charge >= 0.3 is 0 Å². The molecule has 0 bridgehead atoms. The molecule has 1 unspecified atom stereocenters. The first-order valence-corrected chi connectivity index (χ1v) is 7.90. The maximum atomic E-state index is 11.3. The molecule has 94 valence electrons. The first-order chi connectivity index (χ1) is 8.07. The van der Waals surface area contributed by atoms with Crippen molar-refractivity contribution >= 4 is 9.84 Å². The quantitative estimate of drug-likeness (QED) is 0.895. The molecule has 0 radical (unpaired) electrons. The fraction of sp³-hybridized carbons (Fsp3) is 0.538. The van der Waals surface area contributed by atoms with Crippen LogP contribution in [-0.4, -0.2) is 26.0 Å². The molecule has 1 heterocycles. The SMILES string of the molecule is CC(NC1CCS(=O)(=O)CC1)c1ccccc1. The smallest absolute Gasteiger partial charge is 0.150 e. The standard InChI is InChI=1S/C13H19NO2S/c1-11(12-5-3-2-4-6-12)14-13-7-9-17(15,16)10-8-13/h2-6,11,13-14H,7-10H2,1H3. The molecule has 1 atom stereocenters. The minimum Gasteiger partial charge on any atom is -0.307 e. The van der Waals surface area contributed by atoms with Gasteiger partial charge in [-0.05, 0) is 25.3 Å². The Balaban J connectivity index is 1.90. The van der Waals surface area contributed by atoms with Gasteiger partial charge in [-0.1, -0.05) is 30.3 Å². The van der Waals surface area contributed by atoms with Gasteiger partial charge in [0.15, 0.2) is 0 Å². The third kappa shape index (κ3) is 3.54. The summed E-state index contributed by atoms with van der Waals surface area (Å²) in [5.41, 5.74) is 1.25. The molecule has 1 N–H and O–H groups in total. The van der Waals surface area contributed by atoms with Crippen molar-refractivity contribution in [3.63, 3.8) is 0 Å². The molecule has 0 saturated carbocycles. The summed E-state index contributed by atoms with van der Waals surface area (Å²) in [5, 5.41) is 3.51. The van der Waals surface area contributed by atoms with Crippen LogP contribution in [0.25, 0.3) is 0 Å². The summed E-state index contributed by atoms with van der Waals surface area (Å²) >= 11 is 0. The molecule has 1 aromatic carbocycles. The zero-order valence-electron chi connectivity index (χ0n) is 10.1. The number of benzene rings is 1. The lowest BCUT2D eigenvalue weighted by Crippen LogP contribution is -2.38. The number of sulfone groups is 1. The van der Waals surface area contributed by atoms with E-state index >= 15 is 0 Å².